The van der Waals surface area contributed by atoms with Crippen molar-refractivity contribution < 1.29 is 18.3 Å². The molecule has 2 heterocycles. The molecule has 27 heavy (non-hydrogen) atoms. The monoisotopic (exact) mass is 364 g/mol. The van der Waals surface area contributed by atoms with Crippen LogP contribution in [0.3, 0.4) is 0 Å². The minimum Gasteiger partial charge on any atom is -0.497 e. The molecule has 0 amide bonds. The Balaban J connectivity index is 1.68. The fourth-order valence-corrected chi connectivity index (χ4v) is 3.01. The molecule has 0 N–H and O–H groups in total. The van der Waals surface area contributed by atoms with Crippen molar-refractivity contribution in [3.8, 4) is 11.5 Å². The number of aryl methyl sites for hydroxylation is 1. The summed E-state index contributed by atoms with van der Waals surface area (Å²) < 4.78 is 21.5. The Hall–Kier alpha value is -3.54. The van der Waals surface area contributed by atoms with Crippen LogP contribution in [0.25, 0.3) is 21.9 Å². The highest BCUT2D eigenvalue weighted by Gasteiger charge is 2.09. The summed E-state index contributed by atoms with van der Waals surface area (Å²) in [4.78, 5) is 23.4. The van der Waals surface area contributed by atoms with Gasteiger partial charge in [-0.25, -0.2) is 9.59 Å². The maximum absolute atomic E-state index is 11.9. The van der Waals surface area contributed by atoms with Crippen LogP contribution in [0.5, 0.6) is 11.5 Å². The van der Waals surface area contributed by atoms with Crippen molar-refractivity contribution in [1.29, 1.82) is 0 Å². The van der Waals surface area contributed by atoms with Crippen LogP contribution in [0.4, 0.5) is 0 Å². The SMILES string of the molecule is COc1ccc2c(COc3ccc4c(C)cc(=O)oc4c3)cc(=O)oc2c1. The van der Waals surface area contributed by atoms with Crippen molar-refractivity contribution in [2.45, 2.75) is 13.5 Å². The molecule has 136 valence electrons. The average molecular weight is 364 g/mol. The van der Waals surface area contributed by atoms with Crippen molar-refractivity contribution in [2.75, 3.05) is 7.11 Å². The minimum absolute atomic E-state index is 0.163. The number of ether oxygens (including phenoxy) is 2. The Morgan fingerprint density at radius 2 is 1.44 bits per heavy atom. The van der Waals surface area contributed by atoms with Gasteiger partial charge in [0.25, 0.3) is 0 Å². The van der Waals surface area contributed by atoms with Crippen molar-refractivity contribution in [2.24, 2.45) is 0 Å². The summed E-state index contributed by atoms with van der Waals surface area (Å²) in [5.74, 6) is 1.13. The van der Waals surface area contributed by atoms with Gasteiger partial charge in [-0.3, -0.25) is 0 Å². The van der Waals surface area contributed by atoms with Gasteiger partial charge in [-0.2, -0.15) is 0 Å². The summed E-state index contributed by atoms with van der Waals surface area (Å²) in [5.41, 5.74) is 1.55. The number of hydrogen-bond donors (Lipinski definition) is 0. The zero-order valence-electron chi connectivity index (χ0n) is 14.8. The smallest absolute Gasteiger partial charge is 0.336 e. The molecular weight excluding hydrogens is 348 g/mol. The van der Waals surface area contributed by atoms with Gasteiger partial charge < -0.3 is 18.3 Å². The number of benzene rings is 2. The van der Waals surface area contributed by atoms with Gasteiger partial charge in [-0.15, -0.1) is 0 Å². The van der Waals surface area contributed by atoms with Gasteiger partial charge in [0.2, 0.25) is 0 Å². The maximum atomic E-state index is 11.9. The molecule has 6 heteroatoms. The number of rotatable bonds is 4. The molecule has 0 fully saturated rings. The van der Waals surface area contributed by atoms with Crippen molar-refractivity contribution >= 4 is 21.9 Å². The van der Waals surface area contributed by atoms with E-state index in [1.807, 2.05) is 19.1 Å². The lowest BCUT2D eigenvalue weighted by molar-refractivity contribution is 0.306. The van der Waals surface area contributed by atoms with Crippen molar-refractivity contribution in [3.05, 3.63) is 80.5 Å². The van der Waals surface area contributed by atoms with Gasteiger partial charge in [-0.05, 0) is 36.8 Å². The van der Waals surface area contributed by atoms with Gasteiger partial charge >= 0.3 is 11.3 Å². The molecule has 0 unspecified atom stereocenters. The summed E-state index contributed by atoms with van der Waals surface area (Å²) >= 11 is 0. The Morgan fingerprint density at radius 3 is 2.22 bits per heavy atom. The number of hydrogen-bond acceptors (Lipinski definition) is 6. The highest BCUT2D eigenvalue weighted by atomic mass is 16.5. The topological polar surface area (TPSA) is 78.9 Å². The van der Waals surface area contributed by atoms with E-state index in [1.54, 1.807) is 31.4 Å². The molecule has 2 aromatic carbocycles. The first-order valence-corrected chi connectivity index (χ1v) is 8.31. The molecule has 0 aliphatic heterocycles. The lowest BCUT2D eigenvalue weighted by atomic mass is 10.1. The van der Waals surface area contributed by atoms with E-state index < -0.39 is 11.3 Å². The Bertz CT molecular complexity index is 1270. The third-order valence-electron chi connectivity index (χ3n) is 4.35. The molecular formula is C21H16O6. The predicted molar refractivity (Wildman–Crippen MR) is 101 cm³/mol. The van der Waals surface area contributed by atoms with Crippen LogP contribution in [0.1, 0.15) is 11.1 Å². The lowest BCUT2D eigenvalue weighted by Gasteiger charge is -2.10. The van der Waals surface area contributed by atoms with Crippen LogP contribution in [-0.4, -0.2) is 7.11 Å². The normalized spacial score (nSPS) is 11.0. The summed E-state index contributed by atoms with van der Waals surface area (Å²) in [6.07, 6.45) is 0. The molecule has 0 bridgehead atoms. The van der Waals surface area contributed by atoms with E-state index in [9.17, 15) is 9.59 Å². The minimum atomic E-state index is -0.463. The van der Waals surface area contributed by atoms with Crippen molar-refractivity contribution in [1.82, 2.24) is 0 Å². The van der Waals surface area contributed by atoms with Gasteiger partial charge in [0.15, 0.2) is 0 Å². The summed E-state index contributed by atoms with van der Waals surface area (Å²) in [7, 11) is 1.55. The fraction of sp³-hybridized carbons (Fsp3) is 0.143. The Morgan fingerprint density at radius 1 is 0.815 bits per heavy atom. The largest absolute Gasteiger partial charge is 0.497 e. The van der Waals surface area contributed by atoms with Gasteiger partial charge in [0.05, 0.1) is 7.11 Å². The maximum Gasteiger partial charge on any atom is 0.336 e. The van der Waals surface area contributed by atoms with Gasteiger partial charge in [-0.1, -0.05) is 0 Å². The molecule has 0 saturated carbocycles. The second-order valence-electron chi connectivity index (χ2n) is 6.15. The first-order chi connectivity index (χ1) is 13.0. The molecule has 0 aliphatic rings. The van der Waals surface area contributed by atoms with E-state index in [0.29, 0.717) is 28.2 Å². The van der Waals surface area contributed by atoms with Crippen LogP contribution >= 0.6 is 0 Å². The van der Waals surface area contributed by atoms with E-state index in [1.165, 1.54) is 12.1 Å². The number of methoxy groups -OCH3 is 1. The summed E-state index contributed by atoms with van der Waals surface area (Å²) in [6.45, 7) is 2.01. The molecule has 0 atom stereocenters. The first-order valence-electron chi connectivity index (χ1n) is 8.31. The molecule has 2 aromatic heterocycles. The van der Waals surface area contributed by atoms with Gasteiger partial charge in [0, 0.05) is 40.6 Å². The second kappa shape index (κ2) is 6.64. The predicted octanol–water partition coefficient (Wildman–Crippen LogP) is 3.80. The Kier molecular flexibility index (Phi) is 4.16. The molecule has 0 spiro atoms. The van der Waals surface area contributed by atoms with E-state index in [0.717, 1.165) is 16.3 Å². The third-order valence-corrected chi connectivity index (χ3v) is 4.35. The molecule has 4 aromatic rings. The zero-order valence-corrected chi connectivity index (χ0v) is 14.8. The molecule has 4 rings (SSSR count). The average Bonchev–Trinajstić information content (AvgIpc) is 2.64. The van der Waals surface area contributed by atoms with Crippen LogP contribution in [0, 0.1) is 6.92 Å². The highest BCUT2D eigenvalue weighted by molar-refractivity contribution is 5.82. The van der Waals surface area contributed by atoms with Gasteiger partial charge in [0.1, 0.15) is 29.3 Å². The van der Waals surface area contributed by atoms with E-state index in [4.69, 9.17) is 18.3 Å². The molecule has 0 saturated heterocycles. The fourth-order valence-electron chi connectivity index (χ4n) is 3.01. The number of fused-ring (bicyclic) bond motifs is 2. The van der Waals surface area contributed by atoms with Crippen LogP contribution in [0.15, 0.2) is 67.0 Å². The molecule has 0 aliphatic carbocycles. The third kappa shape index (κ3) is 3.29. The quantitative estimate of drug-likeness (QED) is 0.513. The van der Waals surface area contributed by atoms with Crippen LogP contribution in [-0.2, 0) is 6.61 Å². The molecule has 6 nitrogen and oxygen atoms in total. The van der Waals surface area contributed by atoms with Crippen LogP contribution in [0.2, 0.25) is 0 Å². The van der Waals surface area contributed by atoms with Crippen LogP contribution < -0.4 is 20.7 Å². The standard InChI is InChI=1S/C21H16O6/c1-12-7-20(22)26-18-10-15(4-5-16(12)18)25-11-13-8-21(23)27-19-9-14(24-2)3-6-17(13)19/h3-10H,11H2,1-2H3. The van der Waals surface area contributed by atoms with E-state index >= 15 is 0 Å². The zero-order chi connectivity index (χ0) is 19.0. The van der Waals surface area contributed by atoms with Crippen molar-refractivity contribution in [3.63, 3.8) is 0 Å². The first kappa shape index (κ1) is 16.9. The lowest BCUT2D eigenvalue weighted by Crippen LogP contribution is -2.04. The Labute approximate surface area is 153 Å². The summed E-state index contributed by atoms with van der Waals surface area (Å²) in [5, 5.41) is 1.61. The second-order valence-corrected chi connectivity index (χ2v) is 6.15. The van der Waals surface area contributed by atoms with E-state index in [-0.39, 0.29) is 6.61 Å². The highest BCUT2D eigenvalue weighted by Crippen LogP contribution is 2.25. The van der Waals surface area contributed by atoms with E-state index in [2.05, 4.69) is 0 Å². The summed E-state index contributed by atoms with van der Waals surface area (Å²) in [6, 6.07) is 13.4. The molecule has 0 radical (unpaired) electrons.